The van der Waals surface area contributed by atoms with E-state index in [2.05, 4.69) is 19.0 Å². The molecule has 152 valence electrons. The molecule has 6 heteroatoms. The first-order chi connectivity index (χ1) is 14.0. The third-order valence-corrected chi connectivity index (χ3v) is 6.85. The summed E-state index contributed by atoms with van der Waals surface area (Å²) in [5.41, 5.74) is 3.43. The standard InChI is InChI=1S/C23H25FN2O2S/c1-25(2)22-13-7-11-18-20(22)15-26(23(18)19-10-4-5-12-21(19)24)29(27)17-9-6-8-16(14-17)28-3/h4-6,8-10,12,14-15,22H,7,11,13H2,1-3H3. The predicted octanol–water partition coefficient (Wildman–Crippen LogP) is 4.81. The van der Waals surface area contributed by atoms with E-state index in [1.165, 1.54) is 6.07 Å². The number of ether oxygens (including phenoxy) is 1. The molecular weight excluding hydrogens is 387 g/mol. The normalized spacial score (nSPS) is 17.2. The molecule has 0 amide bonds. The number of fused-ring (bicyclic) bond motifs is 1. The molecule has 1 heterocycles. The van der Waals surface area contributed by atoms with E-state index in [1.807, 2.05) is 30.5 Å². The molecule has 2 atom stereocenters. The third kappa shape index (κ3) is 3.63. The Bertz CT molecular complexity index is 1060. The van der Waals surface area contributed by atoms with E-state index in [-0.39, 0.29) is 11.9 Å². The molecule has 1 aliphatic carbocycles. The lowest BCUT2D eigenvalue weighted by Gasteiger charge is -2.28. The van der Waals surface area contributed by atoms with Gasteiger partial charge >= 0.3 is 0 Å². The number of hydrogen-bond acceptors (Lipinski definition) is 3. The van der Waals surface area contributed by atoms with Gasteiger partial charge in [-0.05, 0) is 74.8 Å². The van der Waals surface area contributed by atoms with Crippen molar-refractivity contribution in [2.75, 3.05) is 21.2 Å². The van der Waals surface area contributed by atoms with E-state index < -0.39 is 11.0 Å². The first-order valence-corrected chi connectivity index (χ1v) is 10.8. The van der Waals surface area contributed by atoms with Crippen LogP contribution in [0.1, 0.15) is 30.0 Å². The van der Waals surface area contributed by atoms with Gasteiger partial charge in [-0.15, -0.1) is 0 Å². The number of methoxy groups -OCH3 is 1. The summed E-state index contributed by atoms with van der Waals surface area (Å²) in [6.45, 7) is 0. The van der Waals surface area contributed by atoms with Gasteiger partial charge < -0.3 is 9.64 Å². The molecule has 29 heavy (non-hydrogen) atoms. The highest BCUT2D eigenvalue weighted by atomic mass is 32.2. The molecular formula is C23H25FN2O2S. The number of rotatable bonds is 5. The van der Waals surface area contributed by atoms with Crippen LogP contribution in [0.2, 0.25) is 0 Å². The minimum absolute atomic E-state index is 0.229. The van der Waals surface area contributed by atoms with Crippen LogP contribution in [0.3, 0.4) is 0 Å². The number of benzene rings is 2. The molecule has 2 aromatic carbocycles. The maximum absolute atomic E-state index is 14.8. The Kier molecular flexibility index (Phi) is 5.56. The lowest BCUT2D eigenvalue weighted by Crippen LogP contribution is -2.23. The van der Waals surface area contributed by atoms with E-state index in [4.69, 9.17) is 4.74 Å². The minimum Gasteiger partial charge on any atom is -0.497 e. The number of nitrogens with zero attached hydrogens (tertiary/aromatic N) is 2. The average molecular weight is 413 g/mol. The quantitative estimate of drug-likeness (QED) is 0.603. The lowest BCUT2D eigenvalue weighted by atomic mass is 9.87. The van der Waals surface area contributed by atoms with Gasteiger partial charge in [-0.2, -0.15) is 0 Å². The van der Waals surface area contributed by atoms with Gasteiger partial charge in [-0.1, -0.05) is 18.2 Å². The van der Waals surface area contributed by atoms with Crippen molar-refractivity contribution in [2.24, 2.45) is 0 Å². The molecule has 1 aromatic heterocycles. The van der Waals surface area contributed by atoms with E-state index >= 15 is 0 Å². The van der Waals surface area contributed by atoms with Crippen molar-refractivity contribution in [1.29, 1.82) is 0 Å². The van der Waals surface area contributed by atoms with Crippen molar-refractivity contribution in [1.82, 2.24) is 8.87 Å². The fourth-order valence-corrected chi connectivity index (χ4v) is 5.36. The molecule has 3 aromatic rings. The van der Waals surface area contributed by atoms with Gasteiger partial charge in [-0.3, -0.25) is 3.97 Å². The lowest BCUT2D eigenvalue weighted by molar-refractivity contribution is 0.269. The van der Waals surface area contributed by atoms with Crippen molar-refractivity contribution in [2.45, 2.75) is 30.2 Å². The smallest absolute Gasteiger partial charge is 0.157 e. The summed E-state index contributed by atoms with van der Waals surface area (Å²) in [5, 5.41) is 0. The van der Waals surface area contributed by atoms with Crippen molar-refractivity contribution in [3.63, 3.8) is 0 Å². The highest BCUT2D eigenvalue weighted by molar-refractivity contribution is 7.83. The second kappa shape index (κ2) is 8.13. The van der Waals surface area contributed by atoms with Crippen molar-refractivity contribution in [3.05, 3.63) is 71.7 Å². The first kappa shape index (κ1) is 19.9. The molecule has 0 fully saturated rings. The zero-order valence-corrected chi connectivity index (χ0v) is 17.7. The Balaban J connectivity index is 1.93. The molecule has 0 N–H and O–H groups in total. The highest BCUT2D eigenvalue weighted by Gasteiger charge is 2.30. The molecule has 0 aliphatic heterocycles. The predicted molar refractivity (Wildman–Crippen MR) is 114 cm³/mol. The summed E-state index contributed by atoms with van der Waals surface area (Å²) >= 11 is 0. The first-order valence-electron chi connectivity index (χ1n) is 9.73. The van der Waals surface area contributed by atoms with Gasteiger partial charge in [0, 0.05) is 17.8 Å². The molecule has 4 nitrogen and oxygen atoms in total. The topological polar surface area (TPSA) is 34.5 Å². The summed E-state index contributed by atoms with van der Waals surface area (Å²) in [7, 11) is 4.17. The Morgan fingerprint density at radius 1 is 1.17 bits per heavy atom. The summed E-state index contributed by atoms with van der Waals surface area (Å²) in [6.07, 6.45) is 4.86. The molecule has 0 saturated carbocycles. The largest absolute Gasteiger partial charge is 0.497 e. The second-order valence-electron chi connectivity index (χ2n) is 7.52. The zero-order valence-electron chi connectivity index (χ0n) is 16.9. The Hall–Kier alpha value is -2.44. The molecule has 1 aliphatic rings. The van der Waals surface area contributed by atoms with Crippen LogP contribution in [-0.2, 0) is 17.4 Å². The average Bonchev–Trinajstić information content (AvgIpc) is 3.12. The van der Waals surface area contributed by atoms with Crippen LogP contribution in [0.25, 0.3) is 11.3 Å². The molecule has 0 saturated heterocycles. The van der Waals surface area contributed by atoms with Crippen molar-refractivity contribution in [3.8, 4) is 17.0 Å². The Morgan fingerprint density at radius 3 is 2.69 bits per heavy atom. The Labute approximate surface area is 173 Å². The van der Waals surface area contributed by atoms with Gasteiger partial charge in [0.15, 0.2) is 11.0 Å². The van der Waals surface area contributed by atoms with Crippen LogP contribution in [-0.4, -0.2) is 34.3 Å². The fourth-order valence-electron chi connectivity index (χ4n) is 4.14. The number of halogens is 1. The van der Waals surface area contributed by atoms with Gasteiger partial charge in [0.05, 0.1) is 17.7 Å². The van der Waals surface area contributed by atoms with Crippen molar-refractivity contribution >= 4 is 11.0 Å². The molecule has 0 spiro atoms. The zero-order chi connectivity index (χ0) is 20.5. The monoisotopic (exact) mass is 412 g/mol. The van der Waals surface area contributed by atoms with Gasteiger partial charge in [0.2, 0.25) is 0 Å². The van der Waals surface area contributed by atoms with Crippen LogP contribution in [0.4, 0.5) is 4.39 Å². The minimum atomic E-state index is -1.52. The maximum atomic E-state index is 14.8. The maximum Gasteiger partial charge on any atom is 0.157 e. The summed E-state index contributed by atoms with van der Waals surface area (Å²) in [4.78, 5) is 2.80. The SMILES string of the molecule is COc1cccc(S(=O)n2cc3c(c2-c2ccccc2F)CCCC3N(C)C)c1. The van der Waals surface area contributed by atoms with E-state index in [1.54, 1.807) is 29.3 Å². The molecule has 0 bridgehead atoms. The van der Waals surface area contributed by atoms with Gasteiger partial charge in [0.25, 0.3) is 0 Å². The molecule has 0 radical (unpaired) electrons. The highest BCUT2D eigenvalue weighted by Crippen LogP contribution is 2.41. The van der Waals surface area contributed by atoms with Crippen LogP contribution in [0, 0.1) is 5.82 Å². The fraction of sp³-hybridized carbons (Fsp3) is 0.304. The Morgan fingerprint density at radius 2 is 1.97 bits per heavy atom. The van der Waals surface area contributed by atoms with Crippen LogP contribution >= 0.6 is 0 Å². The third-order valence-electron chi connectivity index (χ3n) is 5.55. The van der Waals surface area contributed by atoms with Crippen molar-refractivity contribution < 1.29 is 13.3 Å². The van der Waals surface area contributed by atoms with E-state index in [0.29, 0.717) is 21.9 Å². The van der Waals surface area contributed by atoms with Gasteiger partial charge in [0.1, 0.15) is 11.6 Å². The van der Waals surface area contributed by atoms with E-state index in [9.17, 15) is 8.60 Å². The van der Waals surface area contributed by atoms with Gasteiger partial charge in [-0.25, -0.2) is 8.60 Å². The summed E-state index contributed by atoms with van der Waals surface area (Å²) < 4.78 is 35.4. The van der Waals surface area contributed by atoms with Crippen LogP contribution in [0.5, 0.6) is 5.75 Å². The second-order valence-corrected chi connectivity index (χ2v) is 8.88. The van der Waals surface area contributed by atoms with E-state index in [0.717, 1.165) is 30.4 Å². The van der Waals surface area contributed by atoms with Crippen LogP contribution in [0.15, 0.2) is 59.6 Å². The molecule has 2 unspecified atom stereocenters. The summed E-state index contributed by atoms with van der Waals surface area (Å²) in [5.74, 6) is 0.343. The number of aromatic nitrogens is 1. The summed E-state index contributed by atoms with van der Waals surface area (Å²) in [6, 6.07) is 14.2. The van der Waals surface area contributed by atoms with Crippen LogP contribution < -0.4 is 4.74 Å². The molecule has 4 rings (SSSR count). The number of hydrogen-bond donors (Lipinski definition) is 0.